The molecular formula is C6H18O12P4S4. The molecule has 0 aliphatic carbocycles. The molecule has 0 fully saturated rings. The van der Waals surface area contributed by atoms with E-state index in [9.17, 15) is 0 Å². The molecule has 0 aromatic heterocycles. The molecule has 0 atom stereocenters. The van der Waals surface area contributed by atoms with Crippen molar-refractivity contribution in [2.24, 2.45) is 0 Å². The average molecular weight is 534 g/mol. The van der Waals surface area contributed by atoms with Gasteiger partial charge in [0.2, 0.25) is 0 Å². The zero-order valence-electron chi connectivity index (χ0n) is 12.3. The largest absolute Gasteiger partial charge is 0.325 e. The van der Waals surface area contributed by atoms with Gasteiger partial charge in [-0.25, -0.2) is 0 Å². The summed E-state index contributed by atoms with van der Waals surface area (Å²) < 4.78 is 0. The molecule has 1 rings (SSSR count). The van der Waals surface area contributed by atoms with Crippen LogP contribution < -0.4 is 0 Å². The van der Waals surface area contributed by atoms with Gasteiger partial charge in [0, 0.05) is 0 Å². The van der Waals surface area contributed by atoms with E-state index in [1.165, 1.54) is 0 Å². The van der Waals surface area contributed by atoms with Gasteiger partial charge in [-0.1, -0.05) is 36.4 Å². The maximum Gasteiger partial charge on any atom is 0.319 e. The summed E-state index contributed by atoms with van der Waals surface area (Å²) in [6, 6.07) is 12.0. The van der Waals surface area contributed by atoms with Crippen molar-refractivity contribution in [3.05, 3.63) is 36.4 Å². The summed E-state index contributed by atoms with van der Waals surface area (Å²) in [5.41, 5.74) is 0. The van der Waals surface area contributed by atoms with Crippen LogP contribution in [0.25, 0.3) is 0 Å². The minimum Gasteiger partial charge on any atom is -0.325 e. The van der Waals surface area contributed by atoms with Crippen LogP contribution in [-0.4, -0.2) is 58.7 Å². The number of benzene rings is 1. The van der Waals surface area contributed by atoms with E-state index in [4.69, 9.17) is 58.7 Å². The molecule has 0 aliphatic rings. The zero-order chi connectivity index (χ0) is 22.2. The molecule has 12 nitrogen and oxygen atoms in total. The first kappa shape index (κ1) is 34.8. The van der Waals surface area contributed by atoms with Crippen LogP contribution in [0, 0.1) is 0 Å². The van der Waals surface area contributed by atoms with Crippen LogP contribution in [0.1, 0.15) is 0 Å². The minimum atomic E-state index is -3.81. The molecule has 1 aromatic rings. The van der Waals surface area contributed by atoms with E-state index < -0.39 is 26.9 Å². The molecule has 12 N–H and O–H groups in total. The van der Waals surface area contributed by atoms with E-state index in [0.29, 0.717) is 0 Å². The lowest BCUT2D eigenvalue weighted by molar-refractivity contribution is 0.361. The highest BCUT2D eigenvalue weighted by atomic mass is 32.5. The highest BCUT2D eigenvalue weighted by Crippen LogP contribution is 2.27. The number of rotatable bonds is 0. The Morgan fingerprint density at radius 1 is 0.308 bits per heavy atom. The second-order valence-electron chi connectivity index (χ2n) is 3.21. The Bertz CT molecular complexity index is 480. The molecule has 26 heavy (non-hydrogen) atoms. The summed E-state index contributed by atoms with van der Waals surface area (Å²) in [4.78, 5) is 90.7. The minimum absolute atomic E-state index is 2.00. The third-order valence-electron chi connectivity index (χ3n) is 0.667. The third-order valence-corrected chi connectivity index (χ3v) is 0.667. The molecule has 0 heterocycles. The van der Waals surface area contributed by atoms with E-state index >= 15 is 0 Å². The monoisotopic (exact) mass is 534 g/mol. The van der Waals surface area contributed by atoms with Gasteiger partial charge >= 0.3 is 26.9 Å². The summed E-state index contributed by atoms with van der Waals surface area (Å²) >= 11 is 14.4. The fourth-order valence-corrected chi connectivity index (χ4v) is 0.385. The van der Waals surface area contributed by atoms with Gasteiger partial charge in [-0.2, -0.15) is 0 Å². The smallest absolute Gasteiger partial charge is 0.319 e. The predicted octanol–water partition coefficient (Wildman–Crippen LogP) is -1.56. The fraction of sp³-hybridized carbons (Fsp3) is 0. The number of hydrogen-bond acceptors (Lipinski definition) is 4. The third kappa shape index (κ3) is 279. The molecule has 0 saturated carbocycles. The van der Waals surface area contributed by atoms with Gasteiger partial charge in [0.1, 0.15) is 0 Å². The lowest BCUT2D eigenvalue weighted by atomic mass is 10.4. The molecule has 0 amide bonds. The van der Waals surface area contributed by atoms with E-state index in [0.717, 1.165) is 0 Å². The second-order valence-corrected chi connectivity index (χ2v) is 13.2. The first-order chi connectivity index (χ1) is 11.0. The van der Waals surface area contributed by atoms with Crippen LogP contribution in [0.15, 0.2) is 36.4 Å². The summed E-state index contributed by atoms with van der Waals surface area (Å²) in [6.45, 7) is -15.2. The van der Waals surface area contributed by atoms with Crippen molar-refractivity contribution in [2.45, 2.75) is 0 Å². The molecular weight excluding hydrogens is 516 g/mol. The van der Waals surface area contributed by atoms with Crippen molar-refractivity contribution in [3.63, 3.8) is 0 Å². The first-order valence-corrected chi connectivity index (χ1v) is 15.8. The van der Waals surface area contributed by atoms with Gasteiger partial charge in [0.15, 0.2) is 0 Å². The summed E-state index contributed by atoms with van der Waals surface area (Å²) in [5.74, 6) is 0. The first-order valence-electron chi connectivity index (χ1n) is 5.13. The topological polar surface area (TPSA) is 243 Å². The molecule has 0 aliphatic heterocycles. The molecule has 0 bridgehead atoms. The van der Waals surface area contributed by atoms with E-state index in [2.05, 4.69) is 47.2 Å². The molecule has 20 heteroatoms. The molecule has 0 unspecified atom stereocenters. The van der Waals surface area contributed by atoms with Crippen molar-refractivity contribution in [1.29, 1.82) is 0 Å². The normalized spacial score (nSPS) is 10.9. The number of hydrogen-bond donors (Lipinski definition) is 12. The molecule has 1 aromatic carbocycles. The summed E-state index contributed by atoms with van der Waals surface area (Å²) in [6.07, 6.45) is 0. The van der Waals surface area contributed by atoms with Crippen molar-refractivity contribution >= 4 is 74.1 Å². The average Bonchev–Trinajstić information content (AvgIpc) is 2.21. The Morgan fingerprint density at radius 3 is 0.385 bits per heavy atom. The standard InChI is InChI=1S/C6H6.4H3O3PS/c1-2-4-6-5-3-1;4*1-4(2,3)5/h1-6H;4*(H3,1,2,3,5). The lowest BCUT2D eigenvalue weighted by Gasteiger charge is -1.88. The van der Waals surface area contributed by atoms with Crippen molar-refractivity contribution < 1.29 is 58.7 Å². The molecule has 0 radical (unpaired) electrons. The Hall–Kier alpha value is 1.34. The maximum atomic E-state index is 7.56. The van der Waals surface area contributed by atoms with E-state index in [1.807, 2.05) is 36.4 Å². The SMILES string of the molecule is OP(O)(O)=S.OP(O)(O)=S.OP(O)(O)=S.OP(O)(O)=S.c1ccccc1. The fourth-order valence-electron chi connectivity index (χ4n) is 0.385. The Morgan fingerprint density at radius 2 is 0.346 bits per heavy atom. The van der Waals surface area contributed by atoms with Gasteiger partial charge < -0.3 is 58.7 Å². The molecule has 0 spiro atoms. The maximum absolute atomic E-state index is 7.56. The van der Waals surface area contributed by atoms with Gasteiger partial charge in [-0.3, -0.25) is 0 Å². The predicted molar refractivity (Wildman–Crippen MR) is 110 cm³/mol. The second kappa shape index (κ2) is 17.2. The van der Waals surface area contributed by atoms with E-state index in [-0.39, 0.29) is 0 Å². The van der Waals surface area contributed by atoms with Crippen molar-refractivity contribution in [1.82, 2.24) is 0 Å². The van der Waals surface area contributed by atoms with Crippen molar-refractivity contribution in [3.8, 4) is 0 Å². The van der Waals surface area contributed by atoms with Gasteiger partial charge in [-0.05, 0) is 47.2 Å². The van der Waals surface area contributed by atoms with Gasteiger partial charge in [-0.15, -0.1) is 0 Å². The van der Waals surface area contributed by atoms with Gasteiger partial charge in [0.05, 0.1) is 0 Å². The highest BCUT2D eigenvalue weighted by Gasteiger charge is 1.93. The molecule has 158 valence electrons. The van der Waals surface area contributed by atoms with Crippen LogP contribution in [0.4, 0.5) is 0 Å². The van der Waals surface area contributed by atoms with Crippen LogP contribution in [0.5, 0.6) is 0 Å². The van der Waals surface area contributed by atoms with Crippen molar-refractivity contribution in [2.75, 3.05) is 0 Å². The summed E-state index contributed by atoms with van der Waals surface area (Å²) in [7, 11) is 0. The highest BCUT2D eigenvalue weighted by molar-refractivity contribution is 8.07. The van der Waals surface area contributed by atoms with Crippen LogP contribution in [0.3, 0.4) is 0 Å². The summed E-state index contributed by atoms with van der Waals surface area (Å²) in [5, 5.41) is 0. The Kier molecular flexibility index (Phi) is 23.1. The molecule has 0 saturated heterocycles. The Labute approximate surface area is 169 Å². The zero-order valence-corrected chi connectivity index (χ0v) is 19.1. The Balaban J connectivity index is -0.000000117. The van der Waals surface area contributed by atoms with Crippen LogP contribution >= 0.6 is 26.9 Å². The van der Waals surface area contributed by atoms with Crippen LogP contribution in [-0.2, 0) is 47.2 Å². The lowest BCUT2D eigenvalue weighted by Crippen LogP contribution is -1.65. The van der Waals surface area contributed by atoms with Gasteiger partial charge in [0.25, 0.3) is 0 Å². The van der Waals surface area contributed by atoms with Crippen LogP contribution in [0.2, 0.25) is 0 Å². The quantitative estimate of drug-likeness (QED) is 0.168. The van der Waals surface area contributed by atoms with E-state index in [1.54, 1.807) is 0 Å².